The normalized spacial score (nSPS) is 18.3. The lowest BCUT2D eigenvalue weighted by Crippen LogP contribution is -2.33. The summed E-state index contributed by atoms with van der Waals surface area (Å²) in [5.74, 6) is 1.32. The Bertz CT molecular complexity index is 594. The smallest absolute Gasteiger partial charge is 0.318 e. The number of hydrogen-bond donors (Lipinski definition) is 1. The maximum Gasteiger partial charge on any atom is 0.318 e. The van der Waals surface area contributed by atoms with Gasteiger partial charge in [-0.3, -0.25) is 5.10 Å². The van der Waals surface area contributed by atoms with Gasteiger partial charge in [0.05, 0.1) is 13.3 Å². The number of aromatic nitrogens is 4. The molecule has 3 heterocycles. The van der Waals surface area contributed by atoms with E-state index in [-0.39, 0.29) is 0 Å². The molecule has 0 unspecified atom stereocenters. The molecule has 0 saturated heterocycles. The van der Waals surface area contributed by atoms with Crippen LogP contribution in [0.15, 0.2) is 12.3 Å². The number of H-pyrrole nitrogens is 1. The average Bonchev–Trinajstić information content (AvgIpc) is 2.86. The van der Waals surface area contributed by atoms with Crippen molar-refractivity contribution in [3.8, 4) is 6.01 Å². The zero-order valence-corrected chi connectivity index (χ0v) is 11.3. The third kappa shape index (κ3) is 2.14. The van der Waals surface area contributed by atoms with Gasteiger partial charge < -0.3 is 9.64 Å². The fraction of sp³-hybridized carbons (Fsp3) is 0.462. The quantitative estimate of drug-likeness (QED) is 0.888. The standard InChI is InChI=1S/C13H17N5O/c1-8-6-18(7-10-5-14-17-12(8)10)11-4-9(2)15-13(16-11)19-3/h4-5,8H,6-7H2,1-3H3,(H,14,17)/t8-/m0/s1. The van der Waals surface area contributed by atoms with Crippen LogP contribution in [0.5, 0.6) is 6.01 Å². The van der Waals surface area contributed by atoms with E-state index in [0.717, 1.165) is 24.6 Å². The van der Waals surface area contributed by atoms with Crippen molar-refractivity contribution in [3.63, 3.8) is 0 Å². The van der Waals surface area contributed by atoms with E-state index in [9.17, 15) is 0 Å². The summed E-state index contributed by atoms with van der Waals surface area (Å²) >= 11 is 0. The zero-order chi connectivity index (χ0) is 13.4. The Balaban J connectivity index is 1.94. The molecule has 1 atom stereocenters. The highest BCUT2D eigenvalue weighted by molar-refractivity contribution is 5.45. The van der Waals surface area contributed by atoms with E-state index in [2.05, 4.69) is 32.0 Å². The number of fused-ring (bicyclic) bond motifs is 1. The number of aryl methyl sites for hydroxylation is 1. The molecule has 1 aliphatic rings. The second-order valence-corrected chi connectivity index (χ2v) is 4.94. The van der Waals surface area contributed by atoms with Gasteiger partial charge in [-0.15, -0.1) is 0 Å². The Kier molecular flexibility index (Phi) is 2.85. The van der Waals surface area contributed by atoms with Gasteiger partial charge in [0.1, 0.15) is 5.82 Å². The molecule has 0 amide bonds. The zero-order valence-electron chi connectivity index (χ0n) is 11.3. The lowest BCUT2D eigenvalue weighted by molar-refractivity contribution is 0.378. The van der Waals surface area contributed by atoms with E-state index in [1.807, 2.05) is 19.2 Å². The number of ether oxygens (including phenoxy) is 1. The Morgan fingerprint density at radius 1 is 1.42 bits per heavy atom. The molecule has 1 N–H and O–H groups in total. The van der Waals surface area contributed by atoms with E-state index in [1.54, 1.807) is 7.11 Å². The van der Waals surface area contributed by atoms with E-state index < -0.39 is 0 Å². The fourth-order valence-corrected chi connectivity index (χ4v) is 2.52. The molecule has 0 spiro atoms. The highest BCUT2D eigenvalue weighted by Gasteiger charge is 2.25. The number of nitrogens with zero attached hydrogens (tertiary/aromatic N) is 4. The summed E-state index contributed by atoms with van der Waals surface area (Å²) in [4.78, 5) is 10.9. The molecule has 0 radical (unpaired) electrons. The van der Waals surface area contributed by atoms with Crippen LogP contribution in [0.3, 0.4) is 0 Å². The second-order valence-electron chi connectivity index (χ2n) is 4.94. The molecule has 0 aliphatic carbocycles. The average molecular weight is 259 g/mol. The van der Waals surface area contributed by atoms with E-state index in [4.69, 9.17) is 4.74 Å². The largest absolute Gasteiger partial charge is 0.467 e. The molecule has 6 heteroatoms. The van der Waals surface area contributed by atoms with Crippen molar-refractivity contribution in [1.29, 1.82) is 0 Å². The van der Waals surface area contributed by atoms with Crippen molar-refractivity contribution in [2.24, 2.45) is 0 Å². The third-order valence-corrected chi connectivity index (χ3v) is 3.43. The first-order valence-corrected chi connectivity index (χ1v) is 6.34. The van der Waals surface area contributed by atoms with Crippen molar-refractivity contribution in [2.45, 2.75) is 26.3 Å². The predicted molar refractivity (Wildman–Crippen MR) is 71.4 cm³/mol. The lowest BCUT2D eigenvalue weighted by atomic mass is 9.98. The Labute approximate surface area is 111 Å². The minimum absolute atomic E-state index is 0.410. The number of anilines is 1. The Morgan fingerprint density at radius 3 is 3.05 bits per heavy atom. The minimum Gasteiger partial charge on any atom is -0.467 e. The first-order valence-electron chi connectivity index (χ1n) is 6.34. The first kappa shape index (κ1) is 12.0. The Morgan fingerprint density at radius 2 is 2.26 bits per heavy atom. The minimum atomic E-state index is 0.410. The number of aromatic amines is 1. The molecule has 3 rings (SSSR count). The van der Waals surface area contributed by atoms with Gasteiger partial charge in [-0.2, -0.15) is 10.1 Å². The molecular formula is C13H17N5O. The molecule has 0 bridgehead atoms. The third-order valence-electron chi connectivity index (χ3n) is 3.43. The van der Waals surface area contributed by atoms with Gasteiger partial charge in [-0.05, 0) is 6.92 Å². The van der Waals surface area contributed by atoms with E-state index in [1.165, 1.54) is 11.3 Å². The van der Waals surface area contributed by atoms with Crippen LogP contribution in [-0.4, -0.2) is 33.8 Å². The molecule has 2 aromatic rings. The monoisotopic (exact) mass is 259 g/mol. The molecule has 100 valence electrons. The van der Waals surface area contributed by atoms with Crippen molar-refractivity contribution >= 4 is 5.82 Å². The fourth-order valence-electron chi connectivity index (χ4n) is 2.52. The van der Waals surface area contributed by atoms with Crippen molar-refractivity contribution < 1.29 is 4.74 Å². The van der Waals surface area contributed by atoms with Crippen molar-refractivity contribution in [1.82, 2.24) is 20.2 Å². The number of hydrogen-bond acceptors (Lipinski definition) is 5. The van der Waals surface area contributed by atoms with Crippen LogP contribution in [0.1, 0.15) is 29.8 Å². The highest BCUT2D eigenvalue weighted by Crippen LogP contribution is 2.29. The highest BCUT2D eigenvalue weighted by atomic mass is 16.5. The molecule has 2 aromatic heterocycles. The van der Waals surface area contributed by atoms with Crippen LogP contribution >= 0.6 is 0 Å². The summed E-state index contributed by atoms with van der Waals surface area (Å²) in [7, 11) is 1.59. The summed E-state index contributed by atoms with van der Waals surface area (Å²) in [5.41, 5.74) is 3.37. The molecule has 6 nitrogen and oxygen atoms in total. The van der Waals surface area contributed by atoms with Crippen LogP contribution in [0.4, 0.5) is 5.82 Å². The first-order chi connectivity index (χ1) is 9.17. The van der Waals surface area contributed by atoms with Gasteiger partial charge >= 0.3 is 6.01 Å². The summed E-state index contributed by atoms with van der Waals surface area (Å²) in [6, 6.07) is 2.40. The van der Waals surface area contributed by atoms with Crippen molar-refractivity contribution in [3.05, 3.63) is 29.2 Å². The molecule has 1 aliphatic heterocycles. The summed E-state index contributed by atoms with van der Waals surface area (Å²) in [6.45, 7) is 5.86. The summed E-state index contributed by atoms with van der Waals surface area (Å²) in [5, 5.41) is 7.20. The van der Waals surface area contributed by atoms with E-state index >= 15 is 0 Å². The van der Waals surface area contributed by atoms with E-state index in [0.29, 0.717) is 11.9 Å². The predicted octanol–water partition coefficient (Wildman–Crippen LogP) is 1.64. The van der Waals surface area contributed by atoms with Gasteiger partial charge in [0.2, 0.25) is 0 Å². The molecule has 0 saturated carbocycles. The van der Waals surface area contributed by atoms with Gasteiger partial charge in [-0.1, -0.05) is 6.92 Å². The maximum absolute atomic E-state index is 5.14. The number of methoxy groups -OCH3 is 1. The maximum atomic E-state index is 5.14. The SMILES string of the molecule is COc1nc(C)cc(N2Cc3cn[nH]c3[C@@H](C)C2)n1. The number of rotatable bonds is 2. The molecule has 0 aromatic carbocycles. The van der Waals surface area contributed by atoms with Gasteiger partial charge in [0, 0.05) is 42.0 Å². The van der Waals surface area contributed by atoms with Crippen LogP contribution in [-0.2, 0) is 6.54 Å². The van der Waals surface area contributed by atoms with Gasteiger partial charge in [0.15, 0.2) is 0 Å². The molecule has 0 fully saturated rings. The topological polar surface area (TPSA) is 66.9 Å². The Hall–Kier alpha value is -2.11. The van der Waals surface area contributed by atoms with Crippen molar-refractivity contribution in [2.75, 3.05) is 18.6 Å². The van der Waals surface area contributed by atoms with Crippen LogP contribution in [0, 0.1) is 6.92 Å². The second kappa shape index (κ2) is 4.53. The van der Waals surface area contributed by atoms with Gasteiger partial charge in [-0.25, -0.2) is 4.98 Å². The van der Waals surface area contributed by atoms with Gasteiger partial charge in [0.25, 0.3) is 0 Å². The summed E-state index contributed by atoms with van der Waals surface area (Å²) in [6.07, 6.45) is 1.89. The van der Waals surface area contributed by atoms with Crippen LogP contribution in [0.2, 0.25) is 0 Å². The lowest BCUT2D eigenvalue weighted by Gasteiger charge is -2.31. The van der Waals surface area contributed by atoms with Crippen LogP contribution < -0.4 is 9.64 Å². The molecule has 19 heavy (non-hydrogen) atoms. The summed E-state index contributed by atoms with van der Waals surface area (Å²) < 4.78 is 5.14. The number of nitrogens with one attached hydrogen (secondary N) is 1. The van der Waals surface area contributed by atoms with Crippen LogP contribution in [0.25, 0.3) is 0 Å². The molecular weight excluding hydrogens is 242 g/mol.